The van der Waals surface area contributed by atoms with E-state index >= 15 is 0 Å². The Kier molecular flexibility index (Phi) is 5.46. The van der Waals surface area contributed by atoms with Crippen LogP contribution in [-0.2, 0) is 24.3 Å². The molecule has 28 heavy (non-hydrogen) atoms. The van der Waals surface area contributed by atoms with E-state index in [1.165, 1.54) is 17.9 Å². The van der Waals surface area contributed by atoms with Crippen molar-refractivity contribution in [1.82, 2.24) is 4.72 Å². The molecule has 0 bridgehead atoms. The third-order valence-corrected chi connectivity index (χ3v) is 5.58. The molecular formula is C19H19N3O5S. The Labute approximate surface area is 162 Å². The van der Waals surface area contributed by atoms with Crippen LogP contribution in [0.3, 0.4) is 0 Å². The number of nitrogens with one attached hydrogen (secondary N) is 1. The number of nitrogens with zero attached hydrogens (tertiary/aromatic N) is 2. The summed E-state index contributed by atoms with van der Waals surface area (Å²) in [5, 5.41) is 0. The number of benzene rings is 2. The van der Waals surface area contributed by atoms with Gasteiger partial charge in [0.15, 0.2) is 6.61 Å². The molecule has 3 rings (SSSR count). The fourth-order valence-corrected chi connectivity index (χ4v) is 3.86. The molecule has 1 aliphatic heterocycles. The molecule has 0 saturated heterocycles. The molecule has 0 unspecified atom stereocenters. The van der Waals surface area contributed by atoms with Crippen LogP contribution in [0.1, 0.15) is 12.5 Å². The predicted molar refractivity (Wildman–Crippen MR) is 104 cm³/mol. The lowest BCUT2D eigenvalue weighted by Gasteiger charge is -2.17. The number of aliphatic imine (C=N–C) groups is 1. The molecule has 0 aliphatic carbocycles. The average Bonchev–Trinajstić information content (AvgIpc) is 2.96. The maximum absolute atomic E-state index is 12.2. The van der Waals surface area contributed by atoms with E-state index in [0.29, 0.717) is 11.3 Å². The Morgan fingerprint density at radius 2 is 1.75 bits per heavy atom. The number of para-hydroxylation sites is 1. The minimum atomic E-state index is -3.69. The third kappa shape index (κ3) is 4.04. The first-order chi connectivity index (χ1) is 13.3. The van der Waals surface area contributed by atoms with Crippen LogP contribution in [0, 0.1) is 0 Å². The van der Waals surface area contributed by atoms with E-state index in [-0.39, 0.29) is 10.7 Å². The molecule has 0 spiro atoms. The second kappa shape index (κ2) is 7.81. The number of ether oxygens (including phenoxy) is 1. The van der Waals surface area contributed by atoms with Crippen LogP contribution in [0.25, 0.3) is 0 Å². The molecule has 146 valence electrons. The molecule has 0 fully saturated rings. The summed E-state index contributed by atoms with van der Waals surface area (Å²) in [4.78, 5) is 30.0. The number of likely N-dealkylation sites (N-methyl/N-ethyl adjacent to an activating group) is 1. The van der Waals surface area contributed by atoms with Crippen molar-refractivity contribution < 1.29 is 22.7 Å². The summed E-state index contributed by atoms with van der Waals surface area (Å²) < 4.78 is 31.5. The Balaban J connectivity index is 1.64. The number of fused-ring (bicyclic) bond motifs is 1. The average molecular weight is 401 g/mol. The van der Waals surface area contributed by atoms with Crippen molar-refractivity contribution in [3.05, 3.63) is 60.2 Å². The van der Waals surface area contributed by atoms with E-state index in [1.807, 2.05) is 6.07 Å². The van der Waals surface area contributed by atoms with Crippen molar-refractivity contribution in [2.24, 2.45) is 4.99 Å². The molecule has 0 aromatic heterocycles. The van der Waals surface area contributed by atoms with Crippen LogP contribution in [-0.4, -0.2) is 45.8 Å². The normalized spacial score (nSPS) is 16.7. The Bertz CT molecular complexity index is 1030. The highest BCUT2D eigenvalue weighted by Gasteiger charge is 2.31. The minimum absolute atomic E-state index is 0.0766. The van der Waals surface area contributed by atoms with Gasteiger partial charge < -0.3 is 9.64 Å². The summed E-state index contributed by atoms with van der Waals surface area (Å²) >= 11 is 0. The van der Waals surface area contributed by atoms with Crippen molar-refractivity contribution in [1.29, 1.82) is 0 Å². The second-order valence-corrected chi connectivity index (χ2v) is 7.80. The zero-order chi connectivity index (χ0) is 20.3. The fraction of sp³-hybridized carbons (Fsp3) is 0.211. The number of amidine groups is 1. The zero-order valence-corrected chi connectivity index (χ0v) is 16.1. The Hall–Kier alpha value is -3.20. The van der Waals surface area contributed by atoms with Crippen LogP contribution in [0.15, 0.2) is 64.5 Å². The third-order valence-electron chi connectivity index (χ3n) is 4.18. The van der Waals surface area contributed by atoms with Gasteiger partial charge in [0.1, 0.15) is 11.9 Å². The molecule has 0 saturated carbocycles. The van der Waals surface area contributed by atoms with Crippen molar-refractivity contribution in [3.63, 3.8) is 0 Å². The number of rotatable bonds is 5. The molecular weight excluding hydrogens is 382 g/mol. The van der Waals surface area contributed by atoms with Crippen molar-refractivity contribution >= 4 is 33.4 Å². The molecule has 0 radical (unpaired) electrons. The van der Waals surface area contributed by atoms with E-state index in [4.69, 9.17) is 4.74 Å². The molecule has 9 heteroatoms. The maximum atomic E-state index is 12.2. The number of amides is 1. The van der Waals surface area contributed by atoms with Gasteiger partial charge in [-0.25, -0.2) is 13.2 Å². The monoisotopic (exact) mass is 401 g/mol. The van der Waals surface area contributed by atoms with Gasteiger partial charge >= 0.3 is 5.97 Å². The molecule has 1 aliphatic rings. The van der Waals surface area contributed by atoms with Gasteiger partial charge in [-0.15, -0.1) is 0 Å². The standard InChI is InChI=1S/C19H19N3O5S/c1-13(20-18-15-10-6-7-11-16(15)28(25,26)21-18)19(24)27-12-17(23)22(2)14-8-4-3-5-9-14/h3-11,13H,12H2,1-2H3,(H,20,21)/t13-/m0/s1. The summed E-state index contributed by atoms with van der Waals surface area (Å²) in [7, 11) is -2.10. The summed E-state index contributed by atoms with van der Waals surface area (Å²) in [6.07, 6.45) is 0. The lowest BCUT2D eigenvalue weighted by Crippen LogP contribution is -2.33. The minimum Gasteiger partial charge on any atom is -0.454 e. The highest BCUT2D eigenvalue weighted by Crippen LogP contribution is 2.22. The lowest BCUT2D eigenvalue weighted by molar-refractivity contribution is -0.148. The lowest BCUT2D eigenvalue weighted by atomic mass is 10.2. The number of carbonyl (C=O) groups is 2. The summed E-state index contributed by atoms with van der Waals surface area (Å²) in [6, 6.07) is 14.3. The molecule has 2 aromatic carbocycles. The summed E-state index contributed by atoms with van der Waals surface area (Å²) in [5.74, 6) is -1.05. The van der Waals surface area contributed by atoms with E-state index in [1.54, 1.807) is 49.5 Å². The molecule has 1 atom stereocenters. The highest BCUT2D eigenvalue weighted by molar-refractivity contribution is 7.90. The van der Waals surface area contributed by atoms with Gasteiger partial charge in [-0.05, 0) is 31.2 Å². The molecule has 8 nitrogen and oxygen atoms in total. The summed E-state index contributed by atoms with van der Waals surface area (Å²) in [5.41, 5.74) is 1.07. The van der Waals surface area contributed by atoms with E-state index in [2.05, 4.69) is 9.71 Å². The van der Waals surface area contributed by atoms with Gasteiger partial charge in [-0.3, -0.25) is 14.5 Å². The van der Waals surface area contributed by atoms with E-state index in [0.717, 1.165) is 0 Å². The SMILES string of the molecule is C[C@H](N=C1NS(=O)(=O)c2ccccc21)C(=O)OCC(=O)N(C)c1ccccc1. The number of sulfonamides is 1. The molecule has 1 N–H and O–H groups in total. The highest BCUT2D eigenvalue weighted by atomic mass is 32.2. The topological polar surface area (TPSA) is 105 Å². The quantitative estimate of drug-likeness (QED) is 0.761. The van der Waals surface area contributed by atoms with Gasteiger partial charge in [0.2, 0.25) is 0 Å². The van der Waals surface area contributed by atoms with Crippen molar-refractivity contribution in [2.45, 2.75) is 17.9 Å². The van der Waals surface area contributed by atoms with Crippen molar-refractivity contribution in [2.75, 3.05) is 18.6 Å². The number of esters is 1. The van der Waals surface area contributed by atoms with Crippen molar-refractivity contribution in [3.8, 4) is 0 Å². The molecule has 1 amide bonds. The summed E-state index contributed by atoms with van der Waals surface area (Å²) in [6.45, 7) is 1.03. The maximum Gasteiger partial charge on any atom is 0.331 e. The van der Waals surface area contributed by atoms with E-state index in [9.17, 15) is 18.0 Å². The fourth-order valence-electron chi connectivity index (χ4n) is 2.62. The number of hydrogen-bond donors (Lipinski definition) is 1. The van der Waals surface area contributed by atoms with Crippen LogP contribution in [0.2, 0.25) is 0 Å². The van der Waals surface area contributed by atoms with Gasteiger partial charge in [0.25, 0.3) is 15.9 Å². The smallest absolute Gasteiger partial charge is 0.331 e. The van der Waals surface area contributed by atoms with Crippen LogP contribution in [0.5, 0.6) is 0 Å². The Morgan fingerprint density at radius 1 is 1.11 bits per heavy atom. The molecule has 2 aromatic rings. The number of hydrogen-bond acceptors (Lipinski definition) is 6. The van der Waals surface area contributed by atoms with Gasteiger partial charge in [0, 0.05) is 18.3 Å². The number of carbonyl (C=O) groups excluding carboxylic acids is 2. The predicted octanol–water partition coefficient (Wildman–Crippen LogP) is 1.32. The van der Waals surface area contributed by atoms with Gasteiger partial charge in [-0.2, -0.15) is 0 Å². The molecule has 1 heterocycles. The first kappa shape index (κ1) is 19.6. The largest absolute Gasteiger partial charge is 0.454 e. The second-order valence-electron chi connectivity index (χ2n) is 6.15. The van der Waals surface area contributed by atoms with Gasteiger partial charge in [0.05, 0.1) is 4.90 Å². The van der Waals surface area contributed by atoms with E-state index < -0.39 is 34.5 Å². The Morgan fingerprint density at radius 3 is 2.46 bits per heavy atom. The number of anilines is 1. The first-order valence-electron chi connectivity index (χ1n) is 8.48. The van der Waals surface area contributed by atoms with Crippen LogP contribution >= 0.6 is 0 Å². The van der Waals surface area contributed by atoms with Crippen LogP contribution in [0.4, 0.5) is 5.69 Å². The zero-order valence-electron chi connectivity index (χ0n) is 15.3. The van der Waals surface area contributed by atoms with Gasteiger partial charge in [-0.1, -0.05) is 30.3 Å². The first-order valence-corrected chi connectivity index (χ1v) is 9.96. The van der Waals surface area contributed by atoms with Crippen LogP contribution < -0.4 is 9.62 Å².